The SMILES string of the molecule is CN(CC(=O)N1CCCNCC1)C1=NS(=O)(=O)c2ccccc21.Cl. The van der Waals surface area contributed by atoms with Crippen molar-refractivity contribution in [3.63, 3.8) is 0 Å². The molecule has 1 saturated heterocycles. The summed E-state index contributed by atoms with van der Waals surface area (Å²) in [5.41, 5.74) is 0.556. The number of hydrogen-bond donors (Lipinski definition) is 1. The van der Waals surface area contributed by atoms with Crippen molar-refractivity contribution < 1.29 is 13.2 Å². The molecule has 2 aliphatic heterocycles. The molecule has 1 fully saturated rings. The van der Waals surface area contributed by atoms with Crippen molar-refractivity contribution in [3.8, 4) is 0 Å². The van der Waals surface area contributed by atoms with E-state index in [0.29, 0.717) is 17.9 Å². The maximum Gasteiger partial charge on any atom is 0.285 e. The van der Waals surface area contributed by atoms with E-state index in [1.807, 2.05) is 4.90 Å². The van der Waals surface area contributed by atoms with Crippen LogP contribution >= 0.6 is 12.4 Å². The zero-order valence-electron chi connectivity index (χ0n) is 13.4. The highest BCUT2D eigenvalue weighted by molar-refractivity contribution is 7.90. The Kier molecular flexibility index (Phi) is 5.84. The Morgan fingerprint density at radius 1 is 1.29 bits per heavy atom. The van der Waals surface area contributed by atoms with Crippen LogP contribution in [-0.2, 0) is 14.8 Å². The second-order valence-electron chi connectivity index (χ2n) is 5.73. The van der Waals surface area contributed by atoms with Crippen molar-refractivity contribution in [3.05, 3.63) is 29.8 Å². The van der Waals surface area contributed by atoms with E-state index in [-0.39, 0.29) is 29.8 Å². The van der Waals surface area contributed by atoms with Crippen LogP contribution < -0.4 is 5.32 Å². The zero-order chi connectivity index (χ0) is 16.4. The second kappa shape index (κ2) is 7.50. The van der Waals surface area contributed by atoms with Crippen LogP contribution in [0, 0.1) is 0 Å². The van der Waals surface area contributed by atoms with Gasteiger partial charge in [0.25, 0.3) is 10.0 Å². The molecule has 1 N–H and O–H groups in total. The molecule has 1 aromatic rings. The molecule has 0 atom stereocenters. The Morgan fingerprint density at radius 2 is 2.04 bits per heavy atom. The molecular formula is C15H21ClN4O3S. The van der Waals surface area contributed by atoms with E-state index in [9.17, 15) is 13.2 Å². The van der Waals surface area contributed by atoms with Crippen LogP contribution in [0.5, 0.6) is 0 Å². The van der Waals surface area contributed by atoms with Crippen molar-refractivity contribution in [2.75, 3.05) is 39.8 Å². The topological polar surface area (TPSA) is 82.1 Å². The lowest BCUT2D eigenvalue weighted by atomic mass is 10.2. The first-order chi connectivity index (χ1) is 11.0. The number of hydrogen-bond acceptors (Lipinski definition) is 5. The predicted octanol–water partition coefficient (Wildman–Crippen LogP) is 0.311. The highest BCUT2D eigenvalue weighted by Gasteiger charge is 2.31. The van der Waals surface area contributed by atoms with Gasteiger partial charge < -0.3 is 15.1 Å². The highest BCUT2D eigenvalue weighted by atomic mass is 35.5. The third-order valence-corrected chi connectivity index (χ3v) is 5.36. The summed E-state index contributed by atoms with van der Waals surface area (Å²) in [6.07, 6.45) is 0.924. The molecule has 1 aromatic carbocycles. The first-order valence-corrected chi connectivity index (χ1v) is 9.07. The number of carbonyl (C=O) groups excluding carboxylic acids is 1. The van der Waals surface area contributed by atoms with Gasteiger partial charge in [-0.15, -0.1) is 16.8 Å². The predicted molar refractivity (Wildman–Crippen MR) is 94.1 cm³/mol. The molecule has 0 unspecified atom stereocenters. The van der Waals surface area contributed by atoms with Crippen LogP contribution in [0.2, 0.25) is 0 Å². The van der Waals surface area contributed by atoms with Crippen molar-refractivity contribution in [1.82, 2.24) is 15.1 Å². The first-order valence-electron chi connectivity index (χ1n) is 7.63. The Hall–Kier alpha value is -1.64. The Balaban J connectivity index is 0.00000208. The lowest BCUT2D eigenvalue weighted by Gasteiger charge is -2.24. The number of benzene rings is 1. The molecule has 24 heavy (non-hydrogen) atoms. The third-order valence-electron chi connectivity index (χ3n) is 4.04. The van der Waals surface area contributed by atoms with Crippen LogP contribution in [0.4, 0.5) is 0 Å². The van der Waals surface area contributed by atoms with Crippen molar-refractivity contribution in [2.45, 2.75) is 11.3 Å². The molecule has 0 aliphatic carbocycles. The fourth-order valence-electron chi connectivity index (χ4n) is 2.84. The summed E-state index contributed by atoms with van der Waals surface area (Å²) >= 11 is 0. The molecule has 132 valence electrons. The summed E-state index contributed by atoms with van der Waals surface area (Å²) in [5, 5.41) is 3.25. The quantitative estimate of drug-likeness (QED) is 0.808. The van der Waals surface area contributed by atoms with Crippen LogP contribution in [0.1, 0.15) is 12.0 Å². The fraction of sp³-hybridized carbons (Fsp3) is 0.467. The molecule has 1 amide bonds. The summed E-state index contributed by atoms with van der Waals surface area (Å²) in [6, 6.07) is 6.70. The molecule has 9 heteroatoms. The van der Waals surface area contributed by atoms with Gasteiger partial charge in [-0.2, -0.15) is 8.42 Å². The van der Waals surface area contributed by atoms with Gasteiger partial charge in [0, 0.05) is 32.2 Å². The van der Waals surface area contributed by atoms with Gasteiger partial charge in [0.05, 0.1) is 6.54 Å². The number of nitrogens with zero attached hydrogens (tertiary/aromatic N) is 3. The van der Waals surface area contributed by atoms with Gasteiger partial charge in [-0.1, -0.05) is 12.1 Å². The molecule has 2 heterocycles. The number of likely N-dealkylation sites (N-methyl/N-ethyl adjacent to an activating group) is 1. The Bertz CT molecular complexity index is 743. The highest BCUT2D eigenvalue weighted by Crippen LogP contribution is 2.26. The minimum atomic E-state index is -3.65. The Labute approximate surface area is 148 Å². The average molecular weight is 373 g/mol. The van der Waals surface area contributed by atoms with E-state index in [2.05, 4.69) is 9.71 Å². The lowest BCUT2D eigenvalue weighted by Crippen LogP contribution is -2.42. The van der Waals surface area contributed by atoms with E-state index >= 15 is 0 Å². The fourth-order valence-corrected chi connectivity index (χ4v) is 4.09. The molecule has 0 aromatic heterocycles. The monoisotopic (exact) mass is 372 g/mol. The number of halogens is 1. The molecule has 0 bridgehead atoms. The van der Waals surface area contributed by atoms with E-state index in [1.165, 1.54) is 6.07 Å². The van der Waals surface area contributed by atoms with E-state index in [1.54, 1.807) is 30.1 Å². The molecule has 3 rings (SSSR count). The normalized spacial score (nSPS) is 18.9. The number of rotatable bonds is 2. The van der Waals surface area contributed by atoms with Crippen molar-refractivity contribution in [2.24, 2.45) is 4.40 Å². The summed E-state index contributed by atoms with van der Waals surface area (Å²) in [4.78, 5) is 16.1. The van der Waals surface area contributed by atoms with Gasteiger partial charge in [0.15, 0.2) is 5.84 Å². The molecule has 0 saturated carbocycles. The maximum atomic E-state index is 12.4. The number of amides is 1. The number of nitrogens with one attached hydrogen (secondary N) is 1. The minimum absolute atomic E-state index is 0. The molecular weight excluding hydrogens is 352 g/mol. The van der Waals surface area contributed by atoms with Crippen LogP contribution in [0.15, 0.2) is 33.6 Å². The van der Waals surface area contributed by atoms with Crippen LogP contribution in [0.3, 0.4) is 0 Å². The summed E-state index contributed by atoms with van der Waals surface area (Å²) in [5.74, 6) is 0.322. The zero-order valence-corrected chi connectivity index (χ0v) is 15.1. The van der Waals surface area contributed by atoms with Gasteiger partial charge in [0.1, 0.15) is 4.90 Å². The average Bonchev–Trinajstić information content (AvgIpc) is 2.72. The largest absolute Gasteiger partial charge is 0.349 e. The summed E-state index contributed by atoms with van der Waals surface area (Å²) < 4.78 is 28.0. The van der Waals surface area contributed by atoms with Crippen molar-refractivity contribution >= 4 is 34.2 Å². The smallest absolute Gasteiger partial charge is 0.285 e. The number of sulfonamides is 1. The van der Waals surface area contributed by atoms with Gasteiger partial charge in [-0.25, -0.2) is 0 Å². The molecule has 7 nitrogen and oxygen atoms in total. The van der Waals surface area contributed by atoms with Gasteiger partial charge in [-0.05, 0) is 25.1 Å². The van der Waals surface area contributed by atoms with Crippen LogP contribution in [0.25, 0.3) is 0 Å². The molecule has 0 radical (unpaired) electrons. The first kappa shape index (κ1) is 18.7. The minimum Gasteiger partial charge on any atom is -0.349 e. The summed E-state index contributed by atoms with van der Waals surface area (Å²) in [6.45, 7) is 3.21. The van der Waals surface area contributed by atoms with E-state index < -0.39 is 10.0 Å². The molecule has 2 aliphatic rings. The maximum absolute atomic E-state index is 12.4. The lowest BCUT2D eigenvalue weighted by molar-refractivity contribution is -0.131. The number of amidine groups is 1. The number of carbonyl (C=O) groups is 1. The van der Waals surface area contributed by atoms with Crippen LogP contribution in [-0.4, -0.2) is 69.7 Å². The standard InChI is InChI=1S/C15H20N4O3S.ClH/c1-18(11-14(20)19-9-4-7-16-8-10-19)15-12-5-2-3-6-13(12)23(21,22)17-15;/h2-3,5-6,16H,4,7-11H2,1H3;1H. The Morgan fingerprint density at radius 3 is 2.83 bits per heavy atom. The second-order valence-corrected chi connectivity index (χ2v) is 7.30. The van der Waals surface area contributed by atoms with Gasteiger partial charge in [-0.3, -0.25) is 4.79 Å². The van der Waals surface area contributed by atoms with Gasteiger partial charge >= 0.3 is 0 Å². The van der Waals surface area contributed by atoms with Crippen molar-refractivity contribution in [1.29, 1.82) is 0 Å². The van der Waals surface area contributed by atoms with Gasteiger partial charge in [0.2, 0.25) is 5.91 Å². The summed E-state index contributed by atoms with van der Waals surface area (Å²) in [7, 11) is -1.96. The third kappa shape index (κ3) is 3.71. The molecule has 0 spiro atoms. The van der Waals surface area contributed by atoms with E-state index in [0.717, 1.165) is 26.1 Å². The number of fused-ring (bicyclic) bond motifs is 1. The van der Waals surface area contributed by atoms with E-state index in [4.69, 9.17) is 0 Å².